The van der Waals surface area contributed by atoms with E-state index in [-0.39, 0.29) is 0 Å². The van der Waals surface area contributed by atoms with Crippen LogP contribution in [0.3, 0.4) is 0 Å². The van der Waals surface area contributed by atoms with Crippen LogP contribution in [0, 0.1) is 6.92 Å². The lowest BCUT2D eigenvalue weighted by molar-refractivity contribution is 0.526. The number of rotatable bonds is 5. The van der Waals surface area contributed by atoms with Gasteiger partial charge in [0.25, 0.3) is 0 Å². The fraction of sp³-hybridized carbons (Fsp3) is 0.357. The minimum absolute atomic E-state index is 0.299. The Hall–Kier alpha value is -1.32. The summed E-state index contributed by atoms with van der Waals surface area (Å²) in [6.07, 6.45) is 3.83. The van der Waals surface area contributed by atoms with Crippen LogP contribution in [0.15, 0.2) is 36.7 Å². The highest BCUT2D eigenvalue weighted by Crippen LogP contribution is 2.17. The predicted octanol–water partition coefficient (Wildman–Crippen LogP) is 3.20. The Balaban J connectivity index is 1.85. The molecule has 0 bridgehead atoms. The molecule has 0 fully saturated rings. The molecule has 1 aromatic heterocycles. The van der Waals surface area contributed by atoms with Gasteiger partial charge in [-0.2, -0.15) is 0 Å². The van der Waals surface area contributed by atoms with Gasteiger partial charge < -0.3 is 9.88 Å². The second-order valence-corrected chi connectivity index (χ2v) is 4.84. The van der Waals surface area contributed by atoms with E-state index in [0.717, 1.165) is 23.9 Å². The zero-order chi connectivity index (χ0) is 13.0. The summed E-state index contributed by atoms with van der Waals surface area (Å²) in [5, 5.41) is 4.27. The molecule has 1 atom stereocenters. The molecule has 2 aromatic rings. The highest BCUT2D eigenvalue weighted by Gasteiger charge is 2.05. The first-order valence-electron chi connectivity index (χ1n) is 6.13. The van der Waals surface area contributed by atoms with Gasteiger partial charge in [0.15, 0.2) is 0 Å². The molecule has 0 saturated heterocycles. The molecule has 0 aliphatic carbocycles. The molecule has 4 heteroatoms. The number of imidazole rings is 1. The highest BCUT2D eigenvalue weighted by molar-refractivity contribution is 6.30. The van der Waals surface area contributed by atoms with Crippen LogP contribution in [0.25, 0.3) is 0 Å². The summed E-state index contributed by atoms with van der Waals surface area (Å²) in [6, 6.07) is 8.27. The van der Waals surface area contributed by atoms with Crippen LogP contribution in [-0.2, 0) is 6.54 Å². The van der Waals surface area contributed by atoms with Crippen molar-refractivity contribution in [1.29, 1.82) is 0 Å². The molecular formula is C14H18ClN3. The number of benzene rings is 1. The van der Waals surface area contributed by atoms with E-state index in [1.54, 1.807) is 0 Å². The standard InChI is InChI=1S/C14H18ClN3/c1-11(13-4-3-5-14(15)10-13)16-6-8-18-9-7-17-12(18)2/h3-5,7,9-11,16H,6,8H2,1-2H3/t11-/m0/s1. The van der Waals surface area contributed by atoms with Crippen molar-refractivity contribution in [2.45, 2.75) is 26.4 Å². The Morgan fingerprint density at radius 1 is 1.44 bits per heavy atom. The lowest BCUT2D eigenvalue weighted by atomic mass is 10.1. The maximum atomic E-state index is 5.98. The molecule has 0 aliphatic heterocycles. The highest BCUT2D eigenvalue weighted by atomic mass is 35.5. The summed E-state index contributed by atoms with van der Waals surface area (Å²) in [5.41, 5.74) is 1.21. The Morgan fingerprint density at radius 2 is 2.28 bits per heavy atom. The number of aryl methyl sites for hydroxylation is 1. The quantitative estimate of drug-likeness (QED) is 0.898. The first-order valence-corrected chi connectivity index (χ1v) is 6.51. The molecule has 18 heavy (non-hydrogen) atoms. The molecule has 96 valence electrons. The van der Waals surface area contributed by atoms with Crippen molar-refractivity contribution in [1.82, 2.24) is 14.9 Å². The fourth-order valence-corrected chi connectivity index (χ4v) is 2.13. The molecule has 2 rings (SSSR count). The number of hydrogen-bond donors (Lipinski definition) is 1. The molecule has 1 N–H and O–H groups in total. The summed E-state index contributed by atoms with van der Waals surface area (Å²) in [4.78, 5) is 4.20. The summed E-state index contributed by atoms with van der Waals surface area (Å²) in [5.74, 6) is 1.05. The topological polar surface area (TPSA) is 29.9 Å². The third-order valence-electron chi connectivity index (χ3n) is 3.08. The Morgan fingerprint density at radius 3 is 2.94 bits per heavy atom. The normalized spacial score (nSPS) is 12.6. The third kappa shape index (κ3) is 3.34. The second kappa shape index (κ2) is 6.03. The smallest absolute Gasteiger partial charge is 0.105 e. The SMILES string of the molecule is Cc1nccn1CCN[C@@H](C)c1cccc(Cl)c1. The van der Waals surface area contributed by atoms with E-state index in [2.05, 4.69) is 27.9 Å². The zero-order valence-electron chi connectivity index (χ0n) is 10.7. The largest absolute Gasteiger partial charge is 0.334 e. The van der Waals surface area contributed by atoms with Gasteiger partial charge in [0.05, 0.1) is 0 Å². The van der Waals surface area contributed by atoms with E-state index in [9.17, 15) is 0 Å². The second-order valence-electron chi connectivity index (χ2n) is 4.40. The molecule has 0 spiro atoms. The van der Waals surface area contributed by atoms with Crippen LogP contribution in [-0.4, -0.2) is 16.1 Å². The minimum atomic E-state index is 0.299. The van der Waals surface area contributed by atoms with Gasteiger partial charge in [0.2, 0.25) is 0 Å². The molecule has 0 aliphatic rings. The van der Waals surface area contributed by atoms with Crippen LogP contribution in [0.5, 0.6) is 0 Å². The van der Waals surface area contributed by atoms with Crippen molar-refractivity contribution in [3.8, 4) is 0 Å². The van der Waals surface area contributed by atoms with Crippen molar-refractivity contribution in [2.24, 2.45) is 0 Å². The van der Waals surface area contributed by atoms with Crippen molar-refractivity contribution in [2.75, 3.05) is 6.54 Å². The van der Waals surface area contributed by atoms with Gasteiger partial charge in [-0.25, -0.2) is 4.98 Å². The summed E-state index contributed by atoms with van der Waals surface area (Å²) in [6.45, 7) is 5.99. The zero-order valence-corrected chi connectivity index (χ0v) is 11.5. The average molecular weight is 264 g/mol. The van der Waals surface area contributed by atoms with Crippen molar-refractivity contribution in [3.05, 3.63) is 53.1 Å². The van der Waals surface area contributed by atoms with Gasteiger partial charge in [0, 0.05) is 36.5 Å². The first kappa shape index (κ1) is 13.1. The third-order valence-corrected chi connectivity index (χ3v) is 3.31. The van der Waals surface area contributed by atoms with Crippen LogP contribution < -0.4 is 5.32 Å². The van der Waals surface area contributed by atoms with E-state index >= 15 is 0 Å². The number of halogens is 1. The van der Waals surface area contributed by atoms with Crippen molar-refractivity contribution >= 4 is 11.6 Å². The number of nitrogens with zero attached hydrogens (tertiary/aromatic N) is 2. The molecule has 3 nitrogen and oxygen atoms in total. The lowest BCUT2D eigenvalue weighted by Gasteiger charge is -2.15. The predicted molar refractivity (Wildman–Crippen MR) is 74.8 cm³/mol. The Bertz CT molecular complexity index is 507. The average Bonchev–Trinajstić information content (AvgIpc) is 2.75. The Labute approximate surface area is 113 Å². The number of nitrogens with one attached hydrogen (secondary N) is 1. The molecule has 1 heterocycles. The van der Waals surface area contributed by atoms with Gasteiger partial charge in [-0.1, -0.05) is 23.7 Å². The van der Waals surface area contributed by atoms with Crippen LogP contribution in [0.4, 0.5) is 0 Å². The molecule has 0 unspecified atom stereocenters. The van der Waals surface area contributed by atoms with Crippen molar-refractivity contribution < 1.29 is 0 Å². The number of aromatic nitrogens is 2. The molecule has 1 aromatic carbocycles. The summed E-state index contributed by atoms with van der Waals surface area (Å²) >= 11 is 5.98. The number of hydrogen-bond acceptors (Lipinski definition) is 2. The first-order chi connectivity index (χ1) is 8.66. The van der Waals surface area contributed by atoms with Crippen LogP contribution in [0.2, 0.25) is 5.02 Å². The van der Waals surface area contributed by atoms with Gasteiger partial charge >= 0.3 is 0 Å². The molecule has 0 saturated carbocycles. The summed E-state index contributed by atoms with van der Waals surface area (Å²) < 4.78 is 2.14. The molecule has 0 radical (unpaired) electrons. The molecule has 0 amide bonds. The van der Waals surface area contributed by atoms with Gasteiger partial charge in [-0.05, 0) is 31.5 Å². The summed E-state index contributed by atoms with van der Waals surface area (Å²) in [7, 11) is 0. The van der Waals surface area contributed by atoms with Crippen molar-refractivity contribution in [3.63, 3.8) is 0 Å². The maximum absolute atomic E-state index is 5.98. The van der Waals surface area contributed by atoms with Gasteiger partial charge in [-0.15, -0.1) is 0 Å². The van der Waals surface area contributed by atoms with E-state index in [0.29, 0.717) is 6.04 Å². The molecular weight excluding hydrogens is 246 g/mol. The van der Waals surface area contributed by atoms with Gasteiger partial charge in [-0.3, -0.25) is 0 Å². The lowest BCUT2D eigenvalue weighted by Crippen LogP contribution is -2.23. The van der Waals surface area contributed by atoms with E-state index < -0.39 is 0 Å². The fourth-order valence-electron chi connectivity index (χ4n) is 1.94. The van der Waals surface area contributed by atoms with Crippen LogP contribution in [0.1, 0.15) is 24.4 Å². The Kier molecular flexibility index (Phi) is 4.39. The van der Waals surface area contributed by atoms with Gasteiger partial charge in [0.1, 0.15) is 5.82 Å². The van der Waals surface area contributed by atoms with E-state index in [1.165, 1.54) is 5.56 Å². The van der Waals surface area contributed by atoms with E-state index in [4.69, 9.17) is 11.6 Å². The minimum Gasteiger partial charge on any atom is -0.334 e. The van der Waals surface area contributed by atoms with E-state index in [1.807, 2.05) is 37.5 Å². The van der Waals surface area contributed by atoms with Crippen LogP contribution >= 0.6 is 11.6 Å². The monoisotopic (exact) mass is 263 g/mol. The maximum Gasteiger partial charge on any atom is 0.105 e.